The van der Waals surface area contributed by atoms with Gasteiger partial charge in [0.25, 0.3) is 0 Å². The molecule has 1 aliphatic heterocycles. The molecule has 1 fully saturated rings. The molecule has 0 bridgehead atoms. The maximum Gasteiger partial charge on any atom is 0.198 e. The maximum atomic E-state index is 13.0. The van der Waals surface area contributed by atoms with E-state index < -0.39 is 23.8 Å². The molecule has 1 saturated heterocycles. The number of methoxy groups -OCH3 is 2. The average molecular weight is 392 g/mol. The molecule has 2 rings (SSSR count). The first-order chi connectivity index (χ1) is 11.8. The van der Waals surface area contributed by atoms with Crippen LogP contribution in [0.3, 0.4) is 0 Å². The molecular weight excluding hydrogens is 366 g/mol. The van der Waals surface area contributed by atoms with Crippen molar-refractivity contribution in [2.75, 3.05) is 39.3 Å². The lowest BCUT2D eigenvalue weighted by Gasteiger charge is -2.37. The Kier molecular flexibility index (Phi) is 6.01. The molecular formula is C16H25NO6S2. The number of rotatable bonds is 7. The molecule has 0 unspecified atom stereocenters. The second-order valence-electron chi connectivity index (χ2n) is 6.02. The van der Waals surface area contributed by atoms with Crippen LogP contribution in [0.5, 0.6) is 11.5 Å². The Morgan fingerprint density at radius 1 is 1.04 bits per heavy atom. The standard InChI is InChI=1S/C16H25NO6S2/c1-17-9-4-8-16(24(18,19)10-5-11-25(16,20)21)13-6-7-14(22-2)15(12-13)23-3/h6-7,12,17H,4-5,8-11H2,1-3H3. The van der Waals surface area contributed by atoms with Gasteiger partial charge in [-0.25, -0.2) is 16.8 Å². The Hall–Kier alpha value is -1.32. The molecule has 7 nitrogen and oxygen atoms in total. The number of hydrogen-bond donors (Lipinski definition) is 1. The summed E-state index contributed by atoms with van der Waals surface area (Å²) in [7, 11) is -3.13. The number of ether oxygens (including phenoxy) is 2. The molecule has 142 valence electrons. The highest BCUT2D eigenvalue weighted by Crippen LogP contribution is 2.46. The summed E-state index contributed by atoms with van der Waals surface area (Å²) in [6, 6.07) is 4.54. The lowest BCUT2D eigenvalue weighted by molar-refractivity contribution is 0.354. The van der Waals surface area contributed by atoms with Crippen LogP contribution in [0.4, 0.5) is 0 Å². The molecule has 0 amide bonds. The third kappa shape index (κ3) is 3.37. The van der Waals surface area contributed by atoms with Gasteiger partial charge in [-0.15, -0.1) is 0 Å². The third-order valence-corrected chi connectivity index (χ3v) is 10.7. The molecule has 25 heavy (non-hydrogen) atoms. The van der Waals surface area contributed by atoms with Crippen LogP contribution in [-0.2, 0) is 23.8 Å². The van der Waals surface area contributed by atoms with Crippen molar-refractivity contribution in [3.8, 4) is 11.5 Å². The van der Waals surface area contributed by atoms with Crippen molar-refractivity contribution in [2.24, 2.45) is 0 Å². The van der Waals surface area contributed by atoms with E-state index in [4.69, 9.17) is 9.47 Å². The SMILES string of the molecule is CNCCCC1(c2ccc(OC)c(OC)c2)S(=O)(=O)CCCS1(=O)=O. The zero-order valence-electron chi connectivity index (χ0n) is 14.7. The normalized spacial score (nSPS) is 20.8. The summed E-state index contributed by atoms with van der Waals surface area (Å²) in [5, 5.41) is 2.94. The zero-order valence-corrected chi connectivity index (χ0v) is 16.4. The molecule has 0 atom stereocenters. The van der Waals surface area contributed by atoms with Crippen LogP contribution >= 0.6 is 0 Å². The van der Waals surface area contributed by atoms with E-state index in [-0.39, 0.29) is 29.9 Å². The molecule has 0 saturated carbocycles. The molecule has 0 spiro atoms. The Labute approximate surface area is 149 Å². The zero-order chi connectivity index (χ0) is 18.7. The molecule has 1 aromatic rings. The largest absolute Gasteiger partial charge is 0.493 e. The molecule has 0 radical (unpaired) electrons. The predicted octanol–water partition coefficient (Wildman–Crippen LogP) is 1.09. The van der Waals surface area contributed by atoms with Crippen molar-refractivity contribution in [3.63, 3.8) is 0 Å². The minimum absolute atomic E-state index is 0.00793. The molecule has 1 N–H and O–H groups in total. The molecule has 1 aliphatic rings. The van der Waals surface area contributed by atoms with Crippen molar-refractivity contribution in [3.05, 3.63) is 23.8 Å². The van der Waals surface area contributed by atoms with Crippen LogP contribution in [0, 0.1) is 0 Å². The topological polar surface area (TPSA) is 98.8 Å². The van der Waals surface area contributed by atoms with Crippen LogP contribution in [0.1, 0.15) is 24.8 Å². The van der Waals surface area contributed by atoms with Gasteiger partial charge in [-0.2, -0.15) is 0 Å². The van der Waals surface area contributed by atoms with Gasteiger partial charge in [0.2, 0.25) is 0 Å². The van der Waals surface area contributed by atoms with E-state index in [1.54, 1.807) is 13.1 Å². The fourth-order valence-electron chi connectivity index (χ4n) is 3.35. The third-order valence-electron chi connectivity index (χ3n) is 4.59. The van der Waals surface area contributed by atoms with Crippen molar-refractivity contribution < 1.29 is 26.3 Å². The van der Waals surface area contributed by atoms with Gasteiger partial charge in [0.15, 0.2) is 35.3 Å². The minimum Gasteiger partial charge on any atom is -0.493 e. The minimum atomic E-state index is -3.88. The van der Waals surface area contributed by atoms with Crippen LogP contribution in [0.2, 0.25) is 0 Å². The van der Waals surface area contributed by atoms with E-state index in [1.165, 1.54) is 26.4 Å². The Morgan fingerprint density at radius 3 is 2.16 bits per heavy atom. The quantitative estimate of drug-likeness (QED) is 0.695. The summed E-state index contributed by atoms with van der Waals surface area (Å²) in [4.78, 5) is 0. The Bertz CT molecular complexity index is 783. The summed E-state index contributed by atoms with van der Waals surface area (Å²) < 4.78 is 60.5. The van der Waals surface area contributed by atoms with E-state index in [2.05, 4.69) is 5.32 Å². The van der Waals surface area contributed by atoms with Gasteiger partial charge in [0, 0.05) is 0 Å². The monoisotopic (exact) mass is 391 g/mol. The van der Waals surface area contributed by atoms with Crippen LogP contribution < -0.4 is 14.8 Å². The number of sulfone groups is 2. The van der Waals surface area contributed by atoms with Crippen LogP contribution in [0.25, 0.3) is 0 Å². The van der Waals surface area contributed by atoms with E-state index in [9.17, 15) is 16.8 Å². The Morgan fingerprint density at radius 2 is 1.64 bits per heavy atom. The lowest BCUT2D eigenvalue weighted by atomic mass is 10.1. The summed E-state index contributed by atoms with van der Waals surface area (Å²) in [6.07, 6.45) is 0.559. The van der Waals surface area contributed by atoms with Crippen molar-refractivity contribution in [1.82, 2.24) is 5.32 Å². The second-order valence-corrected chi connectivity index (χ2v) is 10.9. The molecule has 1 heterocycles. The first-order valence-corrected chi connectivity index (χ1v) is 11.4. The number of hydrogen-bond acceptors (Lipinski definition) is 7. The Balaban J connectivity index is 2.71. The first kappa shape index (κ1) is 20.0. The molecule has 1 aromatic carbocycles. The van der Waals surface area contributed by atoms with Gasteiger partial charge in [-0.1, -0.05) is 6.07 Å². The van der Waals surface area contributed by atoms with E-state index in [0.29, 0.717) is 24.5 Å². The fourth-order valence-corrected chi connectivity index (χ4v) is 9.17. The van der Waals surface area contributed by atoms with Gasteiger partial charge in [-0.3, -0.25) is 0 Å². The summed E-state index contributed by atoms with van der Waals surface area (Å²) >= 11 is 0. The highest BCUT2D eigenvalue weighted by molar-refractivity contribution is 8.10. The van der Waals surface area contributed by atoms with Gasteiger partial charge >= 0.3 is 0 Å². The highest BCUT2D eigenvalue weighted by atomic mass is 32.3. The molecule has 0 aliphatic carbocycles. The fraction of sp³-hybridized carbons (Fsp3) is 0.625. The van der Waals surface area contributed by atoms with Gasteiger partial charge in [0.1, 0.15) is 0 Å². The van der Waals surface area contributed by atoms with Gasteiger partial charge < -0.3 is 14.8 Å². The average Bonchev–Trinajstić information content (AvgIpc) is 2.56. The van der Waals surface area contributed by atoms with E-state index in [1.807, 2.05) is 0 Å². The van der Waals surface area contributed by atoms with Crippen LogP contribution in [0.15, 0.2) is 18.2 Å². The molecule has 9 heteroatoms. The second kappa shape index (κ2) is 7.51. The van der Waals surface area contributed by atoms with Crippen molar-refractivity contribution in [2.45, 2.75) is 23.3 Å². The first-order valence-electron chi connectivity index (χ1n) is 8.07. The predicted molar refractivity (Wildman–Crippen MR) is 96.6 cm³/mol. The number of nitrogens with one attached hydrogen (secondary N) is 1. The number of benzene rings is 1. The maximum absolute atomic E-state index is 13.0. The lowest BCUT2D eigenvalue weighted by Crippen LogP contribution is -2.50. The smallest absolute Gasteiger partial charge is 0.198 e. The van der Waals surface area contributed by atoms with E-state index in [0.717, 1.165) is 0 Å². The van der Waals surface area contributed by atoms with Gasteiger partial charge in [-0.05, 0) is 50.6 Å². The van der Waals surface area contributed by atoms with Crippen molar-refractivity contribution >= 4 is 19.7 Å². The van der Waals surface area contributed by atoms with Crippen molar-refractivity contribution in [1.29, 1.82) is 0 Å². The van der Waals surface area contributed by atoms with E-state index >= 15 is 0 Å². The van der Waals surface area contributed by atoms with Gasteiger partial charge in [0.05, 0.1) is 25.7 Å². The highest BCUT2D eigenvalue weighted by Gasteiger charge is 2.57. The summed E-state index contributed by atoms with van der Waals surface area (Å²) in [5.74, 6) is 0.450. The summed E-state index contributed by atoms with van der Waals surface area (Å²) in [6.45, 7) is 0.528. The van der Waals surface area contributed by atoms with Crippen LogP contribution in [-0.4, -0.2) is 56.2 Å². The summed E-state index contributed by atoms with van der Waals surface area (Å²) in [5.41, 5.74) is 0.223. The molecule has 0 aromatic heterocycles.